The van der Waals surface area contributed by atoms with Crippen LogP contribution in [0.25, 0.3) is 11.0 Å². The Labute approximate surface area is 108 Å². The number of amides is 1. The molecular formula is C12H14N4O3. The minimum Gasteiger partial charge on any atom is -0.480 e. The standard InChI is InChI=1S/C12H14N4O3/c13-8(12(18)19)4-11(17)14-5-7-1-2-9-10(3-7)16-6-15-9/h1-3,6,8H,4-5,13H2,(H,14,17)(H,15,16)(H,18,19). The SMILES string of the molecule is NC(CC(=O)NCc1ccc2nc[nH]c2c1)C(=O)O. The van der Waals surface area contributed by atoms with Crippen LogP contribution in [-0.2, 0) is 16.1 Å². The number of hydrogen-bond acceptors (Lipinski definition) is 4. The average molecular weight is 262 g/mol. The number of hydrogen-bond donors (Lipinski definition) is 4. The summed E-state index contributed by atoms with van der Waals surface area (Å²) >= 11 is 0. The van der Waals surface area contributed by atoms with Gasteiger partial charge in [0.1, 0.15) is 6.04 Å². The van der Waals surface area contributed by atoms with E-state index in [4.69, 9.17) is 10.8 Å². The van der Waals surface area contributed by atoms with Crippen LogP contribution in [0.3, 0.4) is 0 Å². The van der Waals surface area contributed by atoms with Gasteiger partial charge in [-0.25, -0.2) is 4.98 Å². The normalized spacial score (nSPS) is 12.3. The van der Waals surface area contributed by atoms with Crippen molar-refractivity contribution < 1.29 is 14.7 Å². The number of H-pyrrole nitrogens is 1. The summed E-state index contributed by atoms with van der Waals surface area (Å²) in [6.45, 7) is 0.320. The van der Waals surface area contributed by atoms with Crippen LogP contribution in [0, 0.1) is 0 Å². The molecule has 0 aliphatic rings. The Hall–Kier alpha value is -2.41. The molecule has 1 amide bonds. The zero-order valence-electron chi connectivity index (χ0n) is 10.1. The molecule has 0 aliphatic carbocycles. The van der Waals surface area contributed by atoms with Crippen molar-refractivity contribution >= 4 is 22.9 Å². The van der Waals surface area contributed by atoms with Crippen molar-refractivity contribution in [3.8, 4) is 0 Å². The van der Waals surface area contributed by atoms with Gasteiger partial charge in [-0.1, -0.05) is 6.07 Å². The van der Waals surface area contributed by atoms with Crippen LogP contribution in [0.1, 0.15) is 12.0 Å². The Balaban J connectivity index is 1.91. The van der Waals surface area contributed by atoms with Crippen molar-refractivity contribution in [3.63, 3.8) is 0 Å². The number of carboxylic acids is 1. The van der Waals surface area contributed by atoms with Crippen molar-refractivity contribution in [1.29, 1.82) is 0 Å². The molecule has 0 bridgehead atoms. The predicted molar refractivity (Wildman–Crippen MR) is 68.2 cm³/mol. The van der Waals surface area contributed by atoms with Crippen LogP contribution < -0.4 is 11.1 Å². The fraction of sp³-hybridized carbons (Fsp3) is 0.250. The Morgan fingerprint density at radius 3 is 3.00 bits per heavy atom. The lowest BCUT2D eigenvalue weighted by Crippen LogP contribution is -2.36. The Morgan fingerprint density at radius 2 is 2.26 bits per heavy atom. The number of imidazole rings is 1. The number of aliphatic carboxylic acids is 1. The molecule has 19 heavy (non-hydrogen) atoms. The van der Waals surface area contributed by atoms with Gasteiger partial charge in [-0.3, -0.25) is 9.59 Å². The highest BCUT2D eigenvalue weighted by Crippen LogP contribution is 2.11. The van der Waals surface area contributed by atoms with E-state index >= 15 is 0 Å². The topological polar surface area (TPSA) is 121 Å². The maximum Gasteiger partial charge on any atom is 0.321 e. The fourth-order valence-corrected chi connectivity index (χ4v) is 1.65. The minimum absolute atomic E-state index is 0.234. The highest BCUT2D eigenvalue weighted by molar-refractivity contribution is 5.84. The smallest absolute Gasteiger partial charge is 0.321 e. The van der Waals surface area contributed by atoms with Gasteiger partial charge in [0.2, 0.25) is 5.91 Å². The van der Waals surface area contributed by atoms with E-state index < -0.39 is 12.0 Å². The molecular weight excluding hydrogens is 248 g/mol. The first kappa shape index (κ1) is 13.0. The number of aromatic nitrogens is 2. The molecule has 0 spiro atoms. The monoisotopic (exact) mass is 262 g/mol. The molecule has 7 heteroatoms. The summed E-state index contributed by atoms with van der Waals surface area (Å²) in [6.07, 6.45) is 1.36. The fourth-order valence-electron chi connectivity index (χ4n) is 1.65. The molecule has 0 radical (unpaired) electrons. The third-order valence-electron chi connectivity index (χ3n) is 2.70. The second kappa shape index (κ2) is 5.49. The van der Waals surface area contributed by atoms with Gasteiger partial charge in [0, 0.05) is 6.54 Å². The van der Waals surface area contributed by atoms with E-state index in [9.17, 15) is 9.59 Å². The lowest BCUT2D eigenvalue weighted by atomic mass is 10.2. The number of carbonyl (C=O) groups excluding carboxylic acids is 1. The molecule has 1 heterocycles. The van der Waals surface area contributed by atoms with Gasteiger partial charge >= 0.3 is 5.97 Å². The Morgan fingerprint density at radius 1 is 1.47 bits per heavy atom. The summed E-state index contributed by atoms with van der Waals surface area (Å²) in [7, 11) is 0. The molecule has 2 rings (SSSR count). The number of carboxylic acid groups (broad SMARTS) is 1. The molecule has 0 aliphatic heterocycles. The second-order valence-electron chi connectivity index (χ2n) is 4.18. The first-order valence-electron chi connectivity index (χ1n) is 5.73. The Kier molecular flexibility index (Phi) is 3.76. The number of benzene rings is 1. The summed E-state index contributed by atoms with van der Waals surface area (Å²) in [5.41, 5.74) is 7.90. The third-order valence-corrected chi connectivity index (χ3v) is 2.70. The summed E-state index contributed by atoms with van der Waals surface area (Å²) in [6, 6.07) is 4.39. The van der Waals surface area contributed by atoms with Crippen LogP contribution in [0.2, 0.25) is 0 Å². The predicted octanol–water partition coefficient (Wildman–Crippen LogP) is -0.0189. The van der Waals surface area contributed by atoms with Crippen LogP contribution in [-0.4, -0.2) is 33.0 Å². The quantitative estimate of drug-likeness (QED) is 0.603. The van der Waals surface area contributed by atoms with E-state index in [-0.39, 0.29) is 12.3 Å². The number of fused-ring (bicyclic) bond motifs is 1. The van der Waals surface area contributed by atoms with Gasteiger partial charge < -0.3 is 21.1 Å². The van der Waals surface area contributed by atoms with Gasteiger partial charge in [0.15, 0.2) is 0 Å². The molecule has 100 valence electrons. The van der Waals surface area contributed by atoms with Crippen LogP contribution in [0.15, 0.2) is 24.5 Å². The molecule has 5 N–H and O–H groups in total. The van der Waals surface area contributed by atoms with E-state index in [2.05, 4.69) is 15.3 Å². The lowest BCUT2D eigenvalue weighted by molar-refractivity contribution is -0.140. The number of aromatic amines is 1. The third kappa shape index (κ3) is 3.29. The first-order chi connectivity index (χ1) is 9.06. The molecule has 0 saturated carbocycles. The summed E-state index contributed by atoms with van der Waals surface area (Å²) in [5, 5.41) is 11.2. The lowest BCUT2D eigenvalue weighted by Gasteiger charge is -2.08. The summed E-state index contributed by atoms with van der Waals surface area (Å²) in [5.74, 6) is -1.58. The number of nitrogens with one attached hydrogen (secondary N) is 2. The maximum atomic E-state index is 11.5. The van der Waals surface area contributed by atoms with E-state index in [1.165, 1.54) is 0 Å². The van der Waals surface area contributed by atoms with Gasteiger partial charge in [0.05, 0.1) is 23.8 Å². The largest absolute Gasteiger partial charge is 0.480 e. The molecule has 2 aromatic rings. The van der Waals surface area contributed by atoms with E-state index in [1.54, 1.807) is 6.33 Å². The van der Waals surface area contributed by atoms with Crippen molar-refractivity contribution in [1.82, 2.24) is 15.3 Å². The number of carbonyl (C=O) groups is 2. The van der Waals surface area contributed by atoms with E-state index in [0.717, 1.165) is 16.6 Å². The van der Waals surface area contributed by atoms with Crippen molar-refractivity contribution in [2.45, 2.75) is 19.0 Å². The summed E-state index contributed by atoms with van der Waals surface area (Å²) in [4.78, 5) is 29.0. The molecule has 0 fully saturated rings. The minimum atomic E-state index is -1.19. The van der Waals surface area contributed by atoms with Crippen molar-refractivity contribution in [2.75, 3.05) is 0 Å². The van der Waals surface area contributed by atoms with Crippen LogP contribution >= 0.6 is 0 Å². The maximum absolute atomic E-state index is 11.5. The van der Waals surface area contributed by atoms with Gasteiger partial charge in [-0.15, -0.1) is 0 Å². The van der Waals surface area contributed by atoms with E-state index in [0.29, 0.717) is 6.54 Å². The molecule has 0 saturated heterocycles. The molecule has 1 aromatic heterocycles. The van der Waals surface area contributed by atoms with Gasteiger partial charge in [0.25, 0.3) is 0 Å². The molecule has 1 unspecified atom stereocenters. The highest BCUT2D eigenvalue weighted by Gasteiger charge is 2.15. The number of nitrogens with two attached hydrogens (primary N) is 1. The molecule has 7 nitrogen and oxygen atoms in total. The zero-order valence-corrected chi connectivity index (χ0v) is 10.1. The zero-order chi connectivity index (χ0) is 13.8. The van der Waals surface area contributed by atoms with Crippen LogP contribution in [0.5, 0.6) is 0 Å². The Bertz CT molecular complexity index is 608. The molecule has 1 atom stereocenters. The number of nitrogens with zero attached hydrogens (tertiary/aromatic N) is 1. The molecule has 1 aromatic carbocycles. The van der Waals surface area contributed by atoms with Gasteiger partial charge in [-0.2, -0.15) is 0 Å². The second-order valence-corrected chi connectivity index (χ2v) is 4.18. The first-order valence-corrected chi connectivity index (χ1v) is 5.73. The number of rotatable bonds is 5. The van der Waals surface area contributed by atoms with E-state index in [1.807, 2.05) is 18.2 Å². The van der Waals surface area contributed by atoms with Crippen molar-refractivity contribution in [2.24, 2.45) is 5.73 Å². The van der Waals surface area contributed by atoms with Crippen LogP contribution in [0.4, 0.5) is 0 Å². The average Bonchev–Trinajstić information content (AvgIpc) is 2.83. The summed E-state index contributed by atoms with van der Waals surface area (Å²) < 4.78 is 0. The van der Waals surface area contributed by atoms with Gasteiger partial charge in [-0.05, 0) is 17.7 Å². The highest BCUT2D eigenvalue weighted by atomic mass is 16.4. The van der Waals surface area contributed by atoms with Crippen molar-refractivity contribution in [3.05, 3.63) is 30.1 Å².